The number of ether oxygens (including phenoxy) is 2. The number of nitrogens with one attached hydrogen (secondary N) is 1. The highest BCUT2D eigenvalue weighted by Gasteiger charge is 2.21. The van der Waals surface area contributed by atoms with Crippen molar-refractivity contribution in [3.8, 4) is 5.75 Å². The fraction of sp³-hybridized carbons (Fsp3) is 0.533. The van der Waals surface area contributed by atoms with Gasteiger partial charge in [-0.25, -0.2) is 4.83 Å². The smallest absolute Gasteiger partial charge is 0.145 e. The van der Waals surface area contributed by atoms with Crippen molar-refractivity contribution >= 4 is 36.0 Å². The van der Waals surface area contributed by atoms with Gasteiger partial charge in [0, 0.05) is 36.0 Å². The van der Waals surface area contributed by atoms with Crippen molar-refractivity contribution in [2.24, 2.45) is 5.10 Å². The van der Waals surface area contributed by atoms with Crippen molar-refractivity contribution in [1.29, 1.82) is 0 Å². The highest BCUT2D eigenvalue weighted by Crippen LogP contribution is 2.32. The van der Waals surface area contributed by atoms with Crippen molar-refractivity contribution in [3.63, 3.8) is 0 Å². The summed E-state index contributed by atoms with van der Waals surface area (Å²) in [6.45, 7) is 1.44. The molecule has 1 saturated heterocycles. The first kappa shape index (κ1) is 15.4. The number of benzene rings is 1. The Hall–Kier alpha value is -0.470. The maximum absolute atomic E-state index is 5.80. The third kappa shape index (κ3) is 4.26. The molecule has 21 heavy (non-hydrogen) atoms. The van der Waals surface area contributed by atoms with Crippen molar-refractivity contribution in [1.82, 2.24) is 4.83 Å². The van der Waals surface area contributed by atoms with E-state index in [0.29, 0.717) is 5.92 Å². The van der Waals surface area contributed by atoms with E-state index in [2.05, 4.69) is 55.4 Å². The molecule has 0 aromatic heterocycles. The van der Waals surface area contributed by atoms with Crippen molar-refractivity contribution < 1.29 is 9.47 Å². The maximum Gasteiger partial charge on any atom is 0.145 e. The molecule has 3 rings (SSSR count). The average Bonchev–Trinajstić information content (AvgIpc) is 2.50. The Balaban J connectivity index is 1.53. The fourth-order valence-electron chi connectivity index (χ4n) is 2.77. The van der Waals surface area contributed by atoms with Gasteiger partial charge in [-0.1, -0.05) is 12.1 Å². The molecule has 0 spiro atoms. The van der Waals surface area contributed by atoms with E-state index >= 15 is 0 Å². The summed E-state index contributed by atoms with van der Waals surface area (Å²) >= 11 is 2.19. The second-order valence-electron chi connectivity index (χ2n) is 5.47. The third-order valence-corrected chi connectivity index (χ3v) is 4.81. The molecule has 0 radical (unpaired) electrons. The standard InChI is InChI=1S/C15H19IN2O2S/c16-21-18-17-13-5-1-11(2-6-13)12-3-7-14(8-4-12)20-15-9-19-10-15/h3-4,7-8,11,15,18H,1-2,5-6,9-10H2. The molecule has 1 heterocycles. The van der Waals surface area contributed by atoms with Crippen LogP contribution in [0.15, 0.2) is 29.4 Å². The summed E-state index contributed by atoms with van der Waals surface area (Å²) < 4.78 is 10.9. The Labute approximate surface area is 141 Å². The largest absolute Gasteiger partial charge is 0.486 e. The number of nitrogens with zero attached hydrogens (tertiary/aromatic N) is 1. The maximum atomic E-state index is 5.80. The van der Waals surface area contributed by atoms with E-state index in [0.717, 1.165) is 31.8 Å². The summed E-state index contributed by atoms with van der Waals surface area (Å²) in [5.41, 5.74) is 2.71. The first-order chi connectivity index (χ1) is 10.3. The summed E-state index contributed by atoms with van der Waals surface area (Å²) in [7, 11) is 1.52. The normalized spacial score (nSPS) is 22.5. The zero-order chi connectivity index (χ0) is 14.5. The lowest BCUT2D eigenvalue weighted by Gasteiger charge is -2.27. The number of hydrogen-bond donors (Lipinski definition) is 1. The third-order valence-electron chi connectivity index (χ3n) is 4.06. The molecule has 1 aliphatic heterocycles. The molecular formula is C15H19IN2O2S. The minimum Gasteiger partial charge on any atom is -0.486 e. The molecule has 0 unspecified atom stereocenters. The lowest BCUT2D eigenvalue weighted by atomic mass is 9.83. The van der Waals surface area contributed by atoms with Gasteiger partial charge in [0.2, 0.25) is 0 Å². The number of rotatable bonds is 5. The predicted octanol–water partition coefficient (Wildman–Crippen LogP) is 4.07. The molecule has 1 aromatic rings. The van der Waals surface area contributed by atoms with Gasteiger partial charge >= 0.3 is 0 Å². The molecule has 0 amide bonds. The van der Waals surface area contributed by atoms with Crippen LogP contribution in [-0.2, 0) is 4.74 Å². The summed E-state index contributed by atoms with van der Waals surface area (Å²) in [5, 5.41) is 4.38. The Morgan fingerprint density at radius 2 is 1.90 bits per heavy atom. The van der Waals surface area contributed by atoms with Crippen molar-refractivity contribution in [2.75, 3.05) is 13.2 Å². The Bertz CT molecular complexity index is 481. The Morgan fingerprint density at radius 3 is 2.48 bits per heavy atom. The van der Waals surface area contributed by atoms with E-state index in [9.17, 15) is 0 Å². The first-order valence-electron chi connectivity index (χ1n) is 7.27. The average molecular weight is 418 g/mol. The van der Waals surface area contributed by atoms with Crippen LogP contribution in [0.4, 0.5) is 0 Å². The Kier molecular flexibility index (Phi) is 5.65. The minimum atomic E-state index is 0.243. The summed E-state index contributed by atoms with van der Waals surface area (Å²) in [6.07, 6.45) is 4.79. The number of halogens is 1. The van der Waals surface area contributed by atoms with E-state index < -0.39 is 0 Å². The molecule has 2 aliphatic rings. The van der Waals surface area contributed by atoms with Crippen molar-refractivity contribution in [3.05, 3.63) is 29.8 Å². The quantitative estimate of drug-likeness (QED) is 0.445. The van der Waals surface area contributed by atoms with Crippen LogP contribution in [0.1, 0.15) is 37.2 Å². The Morgan fingerprint density at radius 1 is 1.19 bits per heavy atom. The van der Waals surface area contributed by atoms with E-state index in [1.807, 2.05) is 0 Å². The molecule has 1 saturated carbocycles. The second kappa shape index (κ2) is 7.69. The van der Waals surface area contributed by atoms with Gasteiger partial charge < -0.3 is 9.47 Å². The SMILES string of the molecule is ISNN=C1CCC(c2ccc(OC3COC3)cc2)CC1. The van der Waals surface area contributed by atoms with E-state index in [-0.39, 0.29) is 6.10 Å². The van der Waals surface area contributed by atoms with Gasteiger partial charge in [-0.15, -0.1) is 0 Å². The molecule has 1 aliphatic carbocycles. The first-order valence-corrected chi connectivity index (χ1v) is 10.6. The summed E-state index contributed by atoms with van der Waals surface area (Å²) in [4.78, 5) is 2.97. The van der Waals surface area contributed by atoms with Crippen LogP contribution in [-0.4, -0.2) is 25.0 Å². The number of hydrazone groups is 1. The lowest BCUT2D eigenvalue weighted by Crippen LogP contribution is -2.38. The van der Waals surface area contributed by atoms with Crippen LogP contribution < -0.4 is 9.57 Å². The summed E-state index contributed by atoms with van der Waals surface area (Å²) in [6, 6.07) is 8.60. The van der Waals surface area contributed by atoms with Gasteiger partial charge in [-0.2, -0.15) is 5.10 Å². The highest BCUT2D eigenvalue weighted by atomic mass is 127. The topological polar surface area (TPSA) is 42.9 Å². The molecular weight excluding hydrogens is 399 g/mol. The zero-order valence-corrected chi connectivity index (χ0v) is 14.7. The lowest BCUT2D eigenvalue weighted by molar-refractivity contribution is -0.0796. The number of hydrogen-bond acceptors (Lipinski definition) is 5. The van der Waals surface area contributed by atoms with Gasteiger partial charge in [0.1, 0.15) is 11.9 Å². The predicted molar refractivity (Wildman–Crippen MR) is 95.1 cm³/mol. The highest BCUT2D eigenvalue weighted by molar-refractivity contribution is 14.2. The van der Waals surface area contributed by atoms with Crippen molar-refractivity contribution in [2.45, 2.75) is 37.7 Å². The molecule has 0 atom stereocenters. The zero-order valence-electron chi connectivity index (χ0n) is 11.8. The molecule has 114 valence electrons. The van der Waals surface area contributed by atoms with Crippen LogP contribution >= 0.6 is 30.3 Å². The van der Waals surface area contributed by atoms with E-state index in [1.165, 1.54) is 33.2 Å². The minimum absolute atomic E-state index is 0.243. The van der Waals surface area contributed by atoms with Crippen LogP contribution in [0, 0.1) is 0 Å². The molecule has 2 fully saturated rings. The van der Waals surface area contributed by atoms with E-state index in [1.54, 1.807) is 0 Å². The summed E-state index contributed by atoms with van der Waals surface area (Å²) in [5.74, 6) is 1.60. The van der Waals surface area contributed by atoms with Gasteiger partial charge in [0.25, 0.3) is 0 Å². The van der Waals surface area contributed by atoms with Gasteiger partial charge in [-0.3, -0.25) is 0 Å². The van der Waals surface area contributed by atoms with Gasteiger partial charge in [0.05, 0.1) is 13.2 Å². The van der Waals surface area contributed by atoms with Crippen LogP contribution in [0.5, 0.6) is 5.75 Å². The molecule has 1 aromatic carbocycles. The molecule has 1 N–H and O–H groups in total. The van der Waals surface area contributed by atoms with Crippen LogP contribution in [0.2, 0.25) is 0 Å². The fourth-order valence-corrected chi connectivity index (χ4v) is 3.23. The second-order valence-corrected chi connectivity index (χ2v) is 7.13. The van der Waals surface area contributed by atoms with Crippen LogP contribution in [0.25, 0.3) is 0 Å². The monoisotopic (exact) mass is 418 g/mol. The molecule has 4 nitrogen and oxygen atoms in total. The van der Waals surface area contributed by atoms with E-state index in [4.69, 9.17) is 9.47 Å². The molecule has 6 heteroatoms. The molecule has 0 bridgehead atoms. The van der Waals surface area contributed by atoms with Gasteiger partial charge in [0.15, 0.2) is 0 Å². The van der Waals surface area contributed by atoms with Crippen LogP contribution in [0.3, 0.4) is 0 Å². The van der Waals surface area contributed by atoms with Gasteiger partial charge in [-0.05, 0) is 49.3 Å².